The first kappa shape index (κ1) is 23.3. The van der Waals surface area contributed by atoms with Crippen LogP contribution in [-0.4, -0.2) is 26.1 Å². The van der Waals surface area contributed by atoms with Gasteiger partial charge < -0.3 is 9.84 Å². The number of carbonyl (C=O) groups is 1. The molecule has 0 spiro atoms. The SMILES string of the molecule is N#Cc1ccc(CCOc2cccc(C(NS(=O)(=O)c3ccccc3Cl)C(=O)O)c2)cc1. The number of rotatable bonds is 9. The van der Waals surface area contributed by atoms with E-state index in [1.54, 1.807) is 30.3 Å². The summed E-state index contributed by atoms with van der Waals surface area (Å²) in [6.45, 7) is 0.318. The molecule has 1 atom stereocenters. The lowest BCUT2D eigenvalue weighted by molar-refractivity contribution is -0.139. The number of carboxylic acids is 1. The average molecular weight is 471 g/mol. The molecule has 2 N–H and O–H groups in total. The fourth-order valence-corrected chi connectivity index (χ4v) is 4.66. The summed E-state index contributed by atoms with van der Waals surface area (Å²) < 4.78 is 33.3. The summed E-state index contributed by atoms with van der Waals surface area (Å²) in [4.78, 5) is 11.6. The van der Waals surface area contributed by atoms with Gasteiger partial charge in [-0.3, -0.25) is 4.79 Å². The predicted molar refractivity (Wildman–Crippen MR) is 119 cm³/mol. The first-order valence-corrected chi connectivity index (χ1v) is 11.4. The van der Waals surface area contributed by atoms with E-state index in [2.05, 4.69) is 10.8 Å². The lowest BCUT2D eigenvalue weighted by atomic mass is 10.1. The Morgan fingerprint density at radius 2 is 1.81 bits per heavy atom. The number of halogens is 1. The predicted octanol–water partition coefficient (Wildman–Crippen LogP) is 3.94. The minimum atomic E-state index is -4.18. The molecule has 0 aliphatic rings. The number of aliphatic carboxylic acids is 1. The Morgan fingerprint density at radius 1 is 1.09 bits per heavy atom. The Hall–Kier alpha value is -3.38. The zero-order valence-corrected chi connectivity index (χ0v) is 18.3. The Kier molecular flexibility index (Phi) is 7.49. The molecular formula is C23H19ClN2O5S. The molecule has 0 radical (unpaired) electrons. The largest absolute Gasteiger partial charge is 0.493 e. The van der Waals surface area contributed by atoms with Gasteiger partial charge in [-0.25, -0.2) is 8.42 Å². The number of hydrogen-bond acceptors (Lipinski definition) is 5. The van der Waals surface area contributed by atoms with Gasteiger partial charge in [0.2, 0.25) is 10.0 Å². The second kappa shape index (κ2) is 10.3. The molecule has 3 aromatic carbocycles. The van der Waals surface area contributed by atoms with Crippen LogP contribution in [0.2, 0.25) is 5.02 Å². The highest BCUT2D eigenvalue weighted by Crippen LogP contribution is 2.25. The molecule has 3 aromatic rings. The minimum absolute atomic E-state index is 0.0102. The Morgan fingerprint density at radius 3 is 2.47 bits per heavy atom. The molecule has 0 fully saturated rings. The molecule has 7 nitrogen and oxygen atoms in total. The molecule has 0 saturated heterocycles. The molecule has 1 unspecified atom stereocenters. The summed E-state index contributed by atoms with van der Waals surface area (Å²) in [6.07, 6.45) is 0.581. The first-order valence-electron chi connectivity index (χ1n) is 9.51. The van der Waals surface area contributed by atoms with Gasteiger partial charge in [0.25, 0.3) is 0 Å². The molecule has 3 rings (SSSR count). The third kappa shape index (κ3) is 5.86. The molecule has 0 amide bonds. The smallest absolute Gasteiger partial charge is 0.326 e. The van der Waals surface area contributed by atoms with Crippen molar-refractivity contribution in [2.45, 2.75) is 17.4 Å². The van der Waals surface area contributed by atoms with Crippen molar-refractivity contribution in [3.63, 3.8) is 0 Å². The summed E-state index contributed by atoms with van der Waals surface area (Å²) in [5.41, 5.74) is 1.77. The van der Waals surface area contributed by atoms with Crippen molar-refractivity contribution in [2.24, 2.45) is 0 Å². The third-order valence-corrected chi connectivity index (χ3v) is 6.50. The van der Waals surface area contributed by atoms with Crippen molar-refractivity contribution < 1.29 is 23.1 Å². The van der Waals surface area contributed by atoms with Gasteiger partial charge in [0.15, 0.2) is 0 Å². The standard InChI is InChI=1S/C23H19ClN2O5S/c24-20-6-1-2-7-21(20)32(29,30)26-22(23(27)28)18-4-3-5-19(14-18)31-13-12-16-8-10-17(15-25)11-9-16/h1-11,14,22,26H,12-13H2,(H,27,28). The van der Waals surface area contributed by atoms with E-state index < -0.39 is 22.0 Å². The van der Waals surface area contributed by atoms with E-state index in [0.717, 1.165) is 5.56 Å². The summed E-state index contributed by atoms with van der Waals surface area (Å²) in [7, 11) is -4.18. The number of benzene rings is 3. The van der Waals surface area contributed by atoms with Crippen LogP contribution in [0.4, 0.5) is 0 Å². The number of sulfonamides is 1. The Labute approximate surface area is 190 Å². The van der Waals surface area contributed by atoms with Crippen molar-refractivity contribution in [1.82, 2.24) is 4.72 Å². The number of nitrogens with one attached hydrogen (secondary N) is 1. The van der Waals surface area contributed by atoms with Crippen LogP contribution in [0.3, 0.4) is 0 Å². The molecule has 0 aromatic heterocycles. The maximum atomic E-state index is 12.7. The van der Waals surface area contributed by atoms with Crippen LogP contribution in [0.15, 0.2) is 77.7 Å². The topological polar surface area (TPSA) is 116 Å². The van der Waals surface area contributed by atoms with Crippen molar-refractivity contribution in [3.05, 3.63) is 94.5 Å². The summed E-state index contributed by atoms with van der Waals surface area (Å²) in [5, 5.41) is 18.5. The summed E-state index contributed by atoms with van der Waals surface area (Å²) >= 11 is 5.97. The van der Waals surface area contributed by atoms with Crippen molar-refractivity contribution in [3.8, 4) is 11.8 Å². The molecule has 0 heterocycles. The van der Waals surface area contributed by atoms with Gasteiger partial charge >= 0.3 is 5.97 Å². The highest BCUT2D eigenvalue weighted by atomic mass is 35.5. The Balaban J connectivity index is 1.72. The van der Waals surface area contributed by atoms with Gasteiger partial charge in [-0.05, 0) is 47.5 Å². The van der Waals surface area contributed by atoms with Gasteiger partial charge in [-0.1, -0.05) is 48.0 Å². The highest BCUT2D eigenvalue weighted by Gasteiger charge is 2.28. The van der Waals surface area contributed by atoms with Gasteiger partial charge in [-0.2, -0.15) is 9.98 Å². The molecule has 0 aliphatic heterocycles. The van der Waals surface area contributed by atoms with E-state index in [1.807, 2.05) is 12.1 Å². The molecule has 164 valence electrons. The number of hydrogen-bond donors (Lipinski definition) is 2. The van der Waals surface area contributed by atoms with E-state index in [-0.39, 0.29) is 15.5 Å². The monoisotopic (exact) mass is 470 g/mol. The van der Waals surface area contributed by atoms with Crippen LogP contribution in [0, 0.1) is 11.3 Å². The lowest BCUT2D eigenvalue weighted by Crippen LogP contribution is -2.34. The van der Waals surface area contributed by atoms with E-state index in [1.165, 1.54) is 30.3 Å². The second-order valence-corrected chi connectivity index (χ2v) is 8.89. The zero-order valence-electron chi connectivity index (χ0n) is 16.7. The van der Waals surface area contributed by atoms with Crippen LogP contribution in [0.1, 0.15) is 22.7 Å². The van der Waals surface area contributed by atoms with Gasteiger partial charge in [0, 0.05) is 6.42 Å². The number of carboxylic acid groups (broad SMARTS) is 1. The van der Waals surface area contributed by atoms with Gasteiger partial charge in [0.05, 0.1) is 23.3 Å². The third-order valence-electron chi connectivity index (χ3n) is 4.58. The quantitative estimate of drug-likeness (QED) is 0.489. The molecule has 9 heteroatoms. The zero-order chi connectivity index (χ0) is 23.1. The number of nitriles is 1. The maximum absolute atomic E-state index is 12.7. The Bertz CT molecular complexity index is 1250. The maximum Gasteiger partial charge on any atom is 0.326 e. The first-order chi connectivity index (χ1) is 15.3. The fraction of sp³-hybridized carbons (Fsp3) is 0.130. The van der Waals surface area contributed by atoms with E-state index in [0.29, 0.717) is 24.3 Å². The van der Waals surface area contributed by atoms with Crippen molar-refractivity contribution in [2.75, 3.05) is 6.61 Å². The van der Waals surface area contributed by atoms with Gasteiger partial charge in [0.1, 0.15) is 16.7 Å². The van der Waals surface area contributed by atoms with Crippen LogP contribution >= 0.6 is 11.6 Å². The van der Waals surface area contributed by atoms with E-state index in [4.69, 9.17) is 21.6 Å². The fourth-order valence-electron chi connectivity index (χ4n) is 2.96. The minimum Gasteiger partial charge on any atom is -0.493 e. The van der Waals surface area contributed by atoms with Crippen molar-refractivity contribution in [1.29, 1.82) is 5.26 Å². The molecule has 32 heavy (non-hydrogen) atoms. The van der Waals surface area contributed by atoms with Crippen LogP contribution < -0.4 is 9.46 Å². The summed E-state index contributed by atoms with van der Waals surface area (Å²) in [5.74, 6) is -0.963. The normalized spacial score (nSPS) is 12.0. The summed E-state index contributed by atoms with van der Waals surface area (Å²) in [6, 6.07) is 19.7. The van der Waals surface area contributed by atoms with E-state index in [9.17, 15) is 18.3 Å². The molecule has 0 bridgehead atoms. The molecule has 0 aliphatic carbocycles. The number of ether oxygens (including phenoxy) is 1. The van der Waals surface area contributed by atoms with Crippen LogP contribution in [0.5, 0.6) is 5.75 Å². The van der Waals surface area contributed by atoms with Crippen LogP contribution in [-0.2, 0) is 21.2 Å². The van der Waals surface area contributed by atoms with Gasteiger partial charge in [-0.15, -0.1) is 0 Å². The molecular weight excluding hydrogens is 452 g/mol. The highest BCUT2D eigenvalue weighted by molar-refractivity contribution is 7.89. The van der Waals surface area contributed by atoms with Crippen molar-refractivity contribution >= 4 is 27.6 Å². The number of nitrogens with zero attached hydrogens (tertiary/aromatic N) is 1. The lowest BCUT2D eigenvalue weighted by Gasteiger charge is -2.17. The van der Waals surface area contributed by atoms with Crippen LogP contribution in [0.25, 0.3) is 0 Å². The second-order valence-electron chi connectivity index (χ2n) is 6.80. The van der Waals surface area contributed by atoms with E-state index >= 15 is 0 Å². The molecule has 0 saturated carbocycles. The average Bonchev–Trinajstić information content (AvgIpc) is 2.78.